The van der Waals surface area contributed by atoms with Crippen molar-refractivity contribution in [1.82, 2.24) is 9.55 Å². The van der Waals surface area contributed by atoms with E-state index < -0.39 is 0 Å². The fourth-order valence-corrected chi connectivity index (χ4v) is 3.27. The number of para-hydroxylation sites is 1. The Morgan fingerprint density at radius 1 is 1.38 bits per heavy atom. The van der Waals surface area contributed by atoms with E-state index in [0.717, 1.165) is 5.69 Å². The highest BCUT2D eigenvalue weighted by Crippen LogP contribution is 2.25. The summed E-state index contributed by atoms with van der Waals surface area (Å²) in [4.78, 5) is 28.7. The number of hydrogen-bond acceptors (Lipinski definition) is 4. The summed E-state index contributed by atoms with van der Waals surface area (Å²) < 4.78 is 1.60. The zero-order valence-electron chi connectivity index (χ0n) is 11.6. The minimum Gasteiger partial charge on any atom is -0.326 e. The van der Waals surface area contributed by atoms with E-state index in [1.165, 1.54) is 11.8 Å². The van der Waals surface area contributed by atoms with Gasteiger partial charge in [-0.05, 0) is 19.1 Å². The van der Waals surface area contributed by atoms with Gasteiger partial charge in [-0.2, -0.15) is 0 Å². The lowest BCUT2D eigenvalue weighted by Gasteiger charge is -2.24. The van der Waals surface area contributed by atoms with Gasteiger partial charge in [0.1, 0.15) is 0 Å². The van der Waals surface area contributed by atoms with Crippen molar-refractivity contribution in [2.75, 3.05) is 11.1 Å². The van der Waals surface area contributed by atoms with E-state index in [2.05, 4.69) is 10.3 Å². The van der Waals surface area contributed by atoms with Gasteiger partial charge in [0.25, 0.3) is 5.56 Å². The molecule has 3 rings (SSSR count). The molecule has 108 valence electrons. The third kappa shape index (κ3) is 2.85. The van der Waals surface area contributed by atoms with Gasteiger partial charge in [-0.25, -0.2) is 4.98 Å². The van der Waals surface area contributed by atoms with Crippen LogP contribution in [0.2, 0.25) is 0 Å². The number of carbonyl (C=O) groups is 1. The molecule has 0 saturated carbocycles. The molecular weight excluding hydrogens is 286 g/mol. The molecule has 1 aromatic heterocycles. The van der Waals surface area contributed by atoms with Gasteiger partial charge in [0.05, 0.1) is 5.92 Å². The van der Waals surface area contributed by atoms with Crippen LogP contribution in [0.3, 0.4) is 0 Å². The zero-order valence-corrected chi connectivity index (χ0v) is 12.4. The minimum absolute atomic E-state index is 0.0623. The fraction of sp³-hybridized carbons (Fsp3) is 0.267. The number of aryl methyl sites for hydroxylation is 1. The maximum atomic E-state index is 12.3. The molecule has 1 aliphatic heterocycles. The molecule has 5 nitrogen and oxygen atoms in total. The number of aromatic nitrogens is 2. The van der Waals surface area contributed by atoms with Crippen molar-refractivity contribution in [2.24, 2.45) is 5.92 Å². The van der Waals surface area contributed by atoms with Gasteiger partial charge in [-0.15, -0.1) is 0 Å². The Morgan fingerprint density at radius 3 is 2.90 bits per heavy atom. The number of thioether (sulfide) groups is 1. The fourth-order valence-electron chi connectivity index (χ4n) is 2.23. The lowest BCUT2D eigenvalue weighted by Crippen LogP contribution is -2.37. The maximum absolute atomic E-state index is 12.3. The minimum atomic E-state index is -0.232. The standard InChI is InChI=1S/C15H15N3O2S/c1-10-7-16-15-18(14(10)20)8-11(9-21-15)13(19)17-12-5-3-2-4-6-12/h2-7,11H,8-9H2,1H3,(H,17,19). The summed E-state index contributed by atoms with van der Waals surface area (Å²) in [7, 11) is 0. The summed E-state index contributed by atoms with van der Waals surface area (Å²) in [5.41, 5.74) is 1.31. The van der Waals surface area contributed by atoms with Crippen LogP contribution in [-0.4, -0.2) is 21.2 Å². The molecule has 1 atom stereocenters. The molecule has 0 saturated heterocycles. The maximum Gasteiger partial charge on any atom is 0.257 e. The smallest absolute Gasteiger partial charge is 0.257 e. The van der Waals surface area contributed by atoms with Crippen LogP contribution < -0.4 is 10.9 Å². The number of hydrogen-bond donors (Lipinski definition) is 1. The van der Waals surface area contributed by atoms with Crippen LogP contribution in [0.15, 0.2) is 46.5 Å². The van der Waals surface area contributed by atoms with Crippen LogP contribution in [0.1, 0.15) is 5.56 Å². The molecule has 1 N–H and O–H groups in total. The quantitative estimate of drug-likeness (QED) is 0.861. The SMILES string of the molecule is Cc1cnc2n(c1=O)CC(C(=O)Nc1ccccc1)CS2. The Kier molecular flexibility index (Phi) is 3.79. The number of rotatable bonds is 2. The van der Waals surface area contributed by atoms with Crippen molar-refractivity contribution in [2.45, 2.75) is 18.6 Å². The zero-order chi connectivity index (χ0) is 14.8. The topological polar surface area (TPSA) is 64.0 Å². The van der Waals surface area contributed by atoms with Gasteiger partial charge in [-0.3, -0.25) is 14.2 Å². The van der Waals surface area contributed by atoms with Crippen LogP contribution in [0, 0.1) is 12.8 Å². The van der Waals surface area contributed by atoms with Crippen LogP contribution in [0.25, 0.3) is 0 Å². The molecule has 0 fully saturated rings. The predicted molar refractivity (Wildman–Crippen MR) is 82.5 cm³/mol. The van der Waals surface area contributed by atoms with Gasteiger partial charge in [0.15, 0.2) is 5.16 Å². The first-order valence-corrected chi connectivity index (χ1v) is 7.69. The van der Waals surface area contributed by atoms with Gasteiger partial charge in [0.2, 0.25) is 5.91 Å². The molecule has 0 bridgehead atoms. The molecule has 1 amide bonds. The van der Waals surface area contributed by atoms with Crippen LogP contribution in [0.4, 0.5) is 5.69 Å². The lowest BCUT2D eigenvalue weighted by molar-refractivity contribution is -0.119. The van der Waals surface area contributed by atoms with Gasteiger partial charge in [-0.1, -0.05) is 30.0 Å². The van der Waals surface area contributed by atoms with Crippen LogP contribution in [0.5, 0.6) is 0 Å². The Hall–Kier alpha value is -2.08. The van der Waals surface area contributed by atoms with Crippen molar-refractivity contribution in [3.05, 3.63) is 52.4 Å². The lowest BCUT2D eigenvalue weighted by atomic mass is 10.1. The first kappa shape index (κ1) is 13.9. The second-order valence-electron chi connectivity index (χ2n) is 5.00. The van der Waals surface area contributed by atoms with Crippen LogP contribution >= 0.6 is 11.8 Å². The van der Waals surface area contributed by atoms with Crippen molar-refractivity contribution in [3.8, 4) is 0 Å². The van der Waals surface area contributed by atoms with Crippen molar-refractivity contribution >= 4 is 23.4 Å². The molecule has 21 heavy (non-hydrogen) atoms. The number of carbonyl (C=O) groups excluding carboxylic acids is 1. The Morgan fingerprint density at radius 2 is 2.14 bits per heavy atom. The van der Waals surface area contributed by atoms with Crippen LogP contribution in [-0.2, 0) is 11.3 Å². The Bertz CT molecular complexity index is 727. The summed E-state index contributed by atoms with van der Waals surface area (Å²) in [5.74, 6) is 0.338. The molecule has 1 aliphatic rings. The first-order valence-electron chi connectivity index (χ1n) is 6.70. The average Bonchev–Trinajstić information content (AvgIpc) is 2.52. The van der Waals surface area contributed by atoms with E-state index in [-0.39, 0.29) is 17.4 Å². The molecular formula is C15H15N3O2S. The Balaban J connectivity index is 1.78. The number of benzene rings is 1. The van der Waals surface area contributed by atoms with Crippen molar-refractivity contribution in [1.29, 1.82) is 0 Å². The highest BCUT2D eigenvalue weighted by atomic mass is 32.2. The number of anilines is 1. The highest BCUT2D eigenvalue weighted by Gasteiger charge is 2.26. The molecule has 0 aliphatic carbocycles. The van der Waals surface area contributed by atoms with E-state index in [9.17, 15) is 9.59 Å². The molecule has 2 heterocycles. The molecule has 1 unspecified atom stereocenters. The summed E-state index contributed by atoms with van der Waals surface area (Å²) >= 11 is 1.45. The monoisotopic (exact) mass is 301 g/mol. The van der Waals surface area contributed by atoms with E-state index in [0.29, 0.717) is 23.0 Å². The molecule has 0 radical (unpaired) electrons. The van der Waals surface area contributed by atoms with Gasteiger partial charge >= 0.3 is 0 Å². The average molecular weight is 301 g/mol. The van der Waals surface area contributed by atoms with Crippen molar-refractivity contribution in [3.63, 3.8) is 0 Å². The highest BCUT2D eigenvalue weighted by molar-refractivity contribution is 7.99. The summed E-state index contributed by atoms with van der Waals surface area (Å²) in [5, 5.41) is 3.58. The molecule has 6 heteroatoms. The Labute approximate surface area is 126 Å². The van der Waals surface area contributed by atoms with E-state index >= 15 is 0 Å². The third-order valence-electron chi connectivity index (χ3n) is 3.41. The number of fused-ring (bicyclic) bond motifs is 1. The van der Waals surface area contributed by atoms with Gasteiger partial charge < -0.3 is 5.32 Å². The number of nitrogens with one attached hydrogen (secondary N) is 1. The normalized spacial score (nSPS) is 17.1. The third-order valence-corrected chi connectivity index (χ3v) is 4.56. The second kappa shape index (κ2) is 5.73. The second-order valence-corrected chi connectivity index (χ2v) is 5.99. The summed E-state index contributed by atoms with van der Waals surface area (Å²) in [6, 6.07) is 9.34. The summed E-state index contributed by atoms with van der Waals surface area (Å²) in [6.45, 7) is 2.12. The van der Waals surface area contributed by atoms with Crippen molar-refractivity contribution < 1.29 is 4.79 Å². The molecule has 1 aromatic carbocycles. The molecule has 2 aromatic rings. The predicted octanol–water partition coefficient (Wildman–Crippen LogP) is 1.91. The van der Waals surface area contributed by atoms with E-state index in [1.807, 2.05) is 30.3 Å². The summed E-state index contributed by atoms with van der Waals surface area (Å²) in [6.07, 6.45) is 1.59. The largest absolute Gasteiger partial charge is 0.326 e. The number of nitrogens with zero attached hydrogens (tertiary/aromatic N) is 2. The van der Waals surface area contributed by atoms with Gasteiger partial charge in [0, 0.05) is 29.7 Å². The molecule has 0 spiro atoms. The first-order chi connectivity index (χ1) is 10.1. The van der Waals surface area contributed by atoms with E-state index in [4.69, 9.17) is 0 Å². The van der Waals surface area contributed by atoms with E-state index in [1.54, 1.807) is 17.7 Å². The number of amides is 1.